The smallest absolute Gasteiger partial charge is 0.251 e. The Balaban J connectivity index is 2.24. The van der Waals surface area contributed by atoms with E-state index in [2.05, 4.69) is 26.0 Å². The maximum Gasteiger partial charge on any atom is 0.251 e. The van der Waals surface area contributed by atoms with Gasteiger partial charge in [0.25, 0.3) is 5.91 Å². The van der Waals surface area contributed by atoms with Crippen LogP contribution < -0.4 is 5.73 Å². The Kier molecular flexibility index (Phi) is 8.97. The number of hydrogen-bond acceptors (Lipinski definition) is 5. The van der Waals surface area contributed by atoms with Crippen molar-refractivity contribution in [2.45, 2.75) is 52.8 Å². The molecule has 7 nitrogen and oxygen atoms in total. The first kappa shape index (κ1) is 27.9. The van der Waals surface area contributed by atoms with Crippen LogP contribution in [-0.2, 0) is 11.3 Å². The van der Waals surface area contributed by atoms with Crippen molar-refractivity contribution in [1.82, 2.24) is 19.7 Å². The highest BCUT2D eigenvalue weighted by Crippen LogP contribution is 2.39. The van der Waals surface area contributed by atoms with Gasteiger partial charge in [-0.2, -0.15) is 5.10 Å². The van der Waals surface area contributed by atoms with Gasteiger partial charge in [-0.1, -0.05) is 48.8 Å². The van der Waals surface area contributed by atoms with Crippen LogP contribution in [0.15, 0.2) is 46.9 Å². The number of aliphatic hydroxyl groups excluding tert-OH is 1. The molecule has 3 rings (SSSR count). The van der Waals surface area contributed by atoms with Crippen LogP contribution in [0.5, 0.6) is 0 Å². The highest BCUT2D eigenvalue weighted by atomic mass is 79.9. The second kappa shape index (κ2) is 11.6. The van der Waals surface area contributed by atoms with Gasteiger partial charge in [0.1, 0.15) is 17.7 Å². The van der Waals surface area contributed by atoms with E-state index in [1.165, 1.54) is 6.92 Å². The summed E-state index contributed by atoms with van der Waals surface area (Å²) in [5.74, 6) is -1.34. The number of nitrogens with two attached hydrogens (primary N) is 1. The summed E-state index contributed by atoms with van der Waals surface area (Å²) in [7, 11) is 0. The lowest BCUT2D eigenvalue weighted by molar-refractivity contribution is -0.145. The molecule has 3 N–H and O–H groups in total. The first-order valence-corrected chi connectivity index (χ1v) is 12.5. The molecule has 36 heavy (non-hydrogen) atoms. The largest absolute Gasteiger partial charge is 0.384 e. The minimum Gasteiger partial charge on any atom is -0.384 e. The predicted octanol–water partition coefficient (Wildman–Crippen LogP) is 4.68. The lowest BCUT2D eigenvalue weighted by atomic mass is 9.84. The van der Waals surface area contributed by atoms with E-state index in [0.29, 0.717) is 18.8 Å². The zero-order valence-electron chi connectivity index (χ0n) is 20.9. The molecule has 0 spiro atoms. The summed E-state index contributed by atoms with van der Waals surface area (Å²) in [6.07, 6.45) is -0.731. The summed E-state index contributed by atoms with van der Waals surface area (Å²) in [6.45, 7) is 8.17. The highest BCUT2D eigenvalue weighted by molar-refractivity contribution is 9.10. The van der Waals surface area contributed by atoms with Gasteiger partial charge in [-0.25, -0.2) is 18.4 Å². The second-order valence-corrected chi connectivity index (χ2v) is 10.7. The quantitative estimate of drug-likeness (QED) is 0.394. The molecule has 0 aliphatic carbocycles. The van der Waals surface area contributed by atoms with Crippen LogP contribution in [0.3, 0.4) is 0 Å². The van der Waals surface area contributed by atoms with Gasteiger partial charge in [0.05, 0.1) is 18.2 Å². The summed E-state index contributed by atoms with van der Waals surface area (Å²) < 4.78 is 31.2. The molecule has 0 bridgehead atoms. The fourth-order valence-electron chi connectivity index (χ4n) is 4.13. The van der Waals surface area contributed by atoms with E-state index in [4.69, 9.17) is 5.73 Å². The number of benzene rings is 2. The number of carbonyl (C=O) groups is 1. The molecular weight excluding hydrogens is 532 g/mol. The first-order chi connectivity index (χ1) is 16.9. The monoisotopic (exact) mass is 563 g/mol. The number of amides is 1. The molecule has 1 amide bonds. The van der Waals surface area contributed by atoms with E-state index in [0.717, 1.165) is 28.2 Å². The molecule has 2 aromatic carbocycles. The molecule has 2 atom stereocenters. The van der Waals surface area contributed by atoms with Gasteiger partial charge in [-0.3, -0.25) is 4.79 Å². The average molecular weight is 564 g/mol. The number of aromatic nitrogens is 3. The van der Waals surface area contributed by atoms with E-state index in [1.807, 2.05) is 45.0 Å². The Morgan fingerprint density at radius 1 is 1.22 bits per heavy atom. The lowest BCUT2D eigenvalue weighted by Gasteiger charge is -2.40. The number of hydrogen-bond donors (Lipinski definition) is 2. The minimum atomic E-state index is -1.24. The van der Waals surface area contributed by atoms with Crippen LogP contribution in [0.4, 0.5) is 8.78 Å². The normalized spacial score (nSPS) is 13.5. The van der Waals surface area contributed by atoms with Gasteiger partial charge < -0.3 is 15.7 Å². The van der Waals surface area contributed by atoms with Crippen LogP contribution in [0.2, 0.25) is 0 Å². The second-order valence-electron chi connectivity index (χ2n) is 9.82. The van der Waals surface area contributed by atoms with Crippen LogP contribution in [0.1, 0.15) is 51.5 Å². The van der Waals surface area contributed by atoms with Crippen LogP contribution in [0.25, 0.3) is 11.4 Å². The SMILES string of the molecule is C[C@H](O)C(=O)N(CCCN)[C@@H](c1nc(-c2cc(F)ccc2F)nn1Cc1cccc(Br)c1)C(C)(C)C. The standard InChI is InChI=1S/C26H32BrF2N5O2/c1-16(35)25(36)33(12-6-11-30)22(26(2,3)4)24-31-23(20-14-19(28)9-10-21(20)29)32-34(24)15-17-7-5-8-18(27)13-17/h5,7-10,13-14,16,22,35H,6,11-12,15,30H2,1-4H3/t16-,22-/m0/s1. The summed E-state index contributed by atoms with van der Waals surface area (Å²) in [4.78, 5) is 19.4. The molecule has 0 fully saturated rings. The van der Waals surface area contributed by atoms with Crippen molar-refractivity contribution in [3.63, 3.8) is 0 Å². The maximum absolute atomic E-state index is 14.7. The Hall–Kier alpha value is -2.69. The molecule has 0 aliphatic heterocycles. The van der Waals surface area contributed by atoms with Crippen molar-refractivity contribution in [1.29, 1.82) is 0 Å². The third kappa shape index (κ3) is 6.54. The van der Waals surface area contributed by atoms with Gasteiger partial charge in [0, 0.05) is 11.0 Å². The molecule has 1 heterocycles. The lowest BCUT2D eigenvalue weighted by Crippen LogP contribution is -2.47. The Labute approximate surface area is 218 Å². The zero-order valence-corrected chi connectivity index (χ0v) is 22.5. The van der Waals surface area contributed by atoms with E-state index in [9.17, 15) is 18.7 Å². The summed E-state index contributed by atoms with van der Waals surface area (Å²) >= 11 is 3.47. The van der Waals surface area contributed by atoms with Gasteiger partial charge >= 0.3 is 0 Å². The Morgan fingerprint density at radius 3 is 2.56 bits per heavy atom. The summed E-state index contributed by atoms with van der Waals surface area (Å²) in [5, 5.41) is 14.7. The number of aliphatic hydroxyl groups is 1. The molecule has 1 aromatic heterocycles. The van der Waals surface area contributed by atoms with E-state index >= 15 is 0 Å². The minimum absolute atomic E-state index is 0.00881. The van der Waals surface area contributed by atoms with Gasteiger partial charge in [-0.15, -0.1) is 0 Å². The van der Waals surface area contributed by atoms with Gasteiger partial charge in [0.15, 0.2) is 11.6 Å². The van der Waals surface area contributed by atoms with Crippen molar-refractivity contribution in [3.8, 4) is 11.4 Å². The van der Waals surface area contributed by atoms with Crippen molar-refractivity contribution >= 4 is 21.8 Å². The predicted molar refractivity (Wildman–Crippen MR) is 138 cm³/mol. The third-order valence-corrected chi connectivity index (χ3v) is 6.20. The van der Waals surface area contributed by atoms with Gasteiger partial charge in [-0.05, 0) is 61.2 Å². The number of rotatable bonds is 9. The highest BCUT2D eigenvalue weighted by Gasteiger charge is 2.39. The average Bonchev–Trinajstić information content (AvgIpc) is 3.19. The molecule has 0 aliphatic rings. The summed E-state index contributed by atoms with van der Waals surface area (Å²) in [5.41, 5.74) is 6.00. The number of nitrogens with zero attached hydrogens (tertiary/aromatic N) is 4. The van der Waals surface area contributed by atoms with E-state index in [1.54, 1.807) is 9.58 Å². The molecule has 10 heteroatoms. The van der Waals surface area contributed by atoms with Crippen molar-refractivity contribution < 1.29 is 18.7 Å². The van der Waals surface area contributed by atoms with Gasteiger partial charge in [0.2, 0.25) is 0 Å². The number of halogens is 3. The van der Waals surface area contributed by atoms with Crippen LogP contribution >= 0.6 is 15.9 Å². The topological polar surface area (TPSA) is 97.3 Å². The van der Waals surface area contributed by atoms with Crippen molar-refractivity contribution in [2.75, 3.05) is 13.1 Å². The first-order valence-electron chi connectivity index (χ1n) is 11.8. The zero-order chi connectivity index (χ0) is 26.6. The number of carbonyl (C=O) groups excluding carboxylic acids is 1. The molecule has 194 valence electrons. The van der Waals surface area contributed by atoms with Crippen LogP contribution in [-0.4, -0.2) is 49.9 Å². The molecule has 0 saturated heterocycles. The van der Waals surface area contributed by atoms with E-state index in [-0.39, 0.29) is 24.5 Å². The Bertz CT molecular complexity index is 1210. The molecule has 3 aromatic rings. The van der Waals surface area contributed by atoms with Crippen LogP contribution in [0, 0.1) is 17.0 Å². The van der Waals surface area contributed by atoms with Crippen molar-refractivity contribution in [2.24, 2.45) is 11.1 Å². The fourth-order valence-corrected chi connectivity index (χ4v) is 4.57. The van der Waals surface area contributed by atoms with E-state index < -0.39 is 35.1 Å². The van der Waals surface area contributed by atoms with Crippen molar-refractivity contribution in [3.05, 3.63) is 70.0 Å². The molecule has 0 radical (unpaired) electrons. The molecule has 0 unspecified atom stereocenters. The maximum atomic E-state index is 14.7. The summed E-state index contributed by atoms with van der Waals surface area (Å²) in [6, 6.07) is 10.1. The molecule has 0 saturated carbocycles. The Morgan fingerprint density at radius 2 is 1.94 bits per heavy atom. The third-order valence-electron chi connectivity index (χ3n) is 5.71. The fraction of sp³-hybridized carbons (Fsp3) is 0.423. The molecular formula is C26H32BrF2N5O2.